The Balaban J connectivity index is 1.31. The van der Waals surface area contributed by atoms with E-state index in [1.807, 2.05) is 66.4 Å². The maximum Gasteiger partial charge on any atom is 0.242 e. The van der Waals surface area contributed by atoms with Gasteiger partial charge in [-0.3, -0.25) is 9.59 Å². The van der Waals surface area contributed by atoms with Gasteiger partial charge in [0.15, 0.2) is 0 Å². The van der Waals surface area contributed by atoms with E-state index in [0.717, 1.165) is 36.1 Å². The van der Waals surface area contributed by atoms with E-state index in [9.17, 15) is 9.59 Å². The molecule has 2 aliphatic heterocycles. The second-order valence-electron chi connectivity index (χ2n) is 9.85. The van der Waals surface area contributed by atoms with Crippen LogP contribution in [0.15, 0.2) is 66.0 Å². The van der Waals surface area contributed by atoms with Crippen molar-refractivity contribution in [3.8, 4) is 5.75 Å². The minimum Gasteiger partial charge on any atom is -0.491 e. The highest BCUT2D eigenvalue weighted by atomic mass is 32.1. The molecule has 1 saturated heterocycles. The monoisotopic (exact) mass is 518 g/mol. The van der Waals surface area contributed by atoms with E-state index in [-0.39, 0.29) is 36.9 Å². The van der Waals surface area contributed by atoms with Crippen LogP contribution in [0.4, 0.5) is 0 Å². The van der Waals surface area contributed by atoms with Gasteiger partial charge in [0.05, 0.1) is 25.1 Å². The van der Waals surface area contributed by atoms with Crippen LogP contribution >= 0.6 is 11.3 Å². The Morgan fingerprint density at radius 1 is 1.11 bits per heavy atom. The minimum absolute atomic E-state index is 0.0157. The fourth-order valence-corrected chi connectivity index (χ4v) is 6.04. The van der Waals surface area contributed by atoms with Crippen LogP contribution in [0.2, 0.25) is 0 Å². The van der Waals surface area contributed by atoms with Gasteiger partial charge in [-0.15, -0.1) is 11.3 Å². The number of fused-ring (bicyclic) bond motifs is 1. The highest BCUT2D eigenvalue weighted by molar-refractivity contribution is 7.10. The third-order valence-electron chi connectivity index (χ3n) is 7.17. The zero-order chi connectivity index (χ0) is 25.6. The second-order valence-corrected chi connectivity index (χ2v) is 10.8. The van der Waals surface area contributed by atoms with E-state index in [1.165, 1.54) is 10.4 Å². The Hall–Kier alpha value is -3.16. The molecule has 0 bridgehead atoms. The number of amides is 2. The van der Waals surface area contributed by atoms with Gasteiger partial charge < -0.3 is 19.3 Å². The summed E-state index contributed by atoms with van der Waals surface area (Å²) in [5.41, 5.74) is 3.27. The maximum atomic E-state index is 13.8. The van der Waals surface area contributed by atoms with Crippen LogP contribution in [-0.2, 0) is 27.2 Å². The van der Waals surface area contributed by atoms with Crippen LogP contribution in [0.25, 0.3) is 0 Å². The summed E-state index contributed by atoms with van der Waals surface area (Å²) in [5.74, 6) is 0.697. The number of thiophene rings is 1. The van der Waals surface area contributed by atoms with Gasteiger partial charge >= 0.3 is 0 Å². The molecule has 2 unspecified atom stereocenters. The number of carbonyl (C=O) groups is 2. The smallest absolute Gasteiger partial charge is 0.242 e. The molecule has 2 aliphatic rings. The predicted octanol–water partition coefficient (Wildman–Crippen LogP) is 4.81. The number of ether oxygens (including phenoxy) is 2. The first kappa shape index (κ1) is 25.5. The predicted molar refractivity (Wildman–Crippen MR) is 145 cm³/mol. The fraction of sp³-hybridized carbons (Fsp3) is 0.400. The molecule has 194 valence electrons. The summed E-state index contributed by atoms with van der Waals surface area (Å²) in [6.07, 6.45) is 2.99. The number of rotatable bonds is 9. The average Bonchev–Trinajstić information content (AvgIpc) is 3.60. The molecule has 1 fully saturated rings. The first-order valence-corrected chi connectivity index (χ1v) is 13.9. The molecular formula is C30H34N2O4S. The van der Waals surface area contributed by atoms with Gasteiger partial charge in [0.25, 0.3) is 0 Å². The van der Waals surface area contributed by atoms with Crippen molar-refractivity contribution >= 4 is 23.2 Å². The number of nitrogens with zero attached hydrogens (tertiary/aromatic N) is 2. The average molecular weight is 519 g/mol. The molecule has 2 aromatic carbocycles. The SMILES string of the molecule is Cc1ccc(OCC2c3ccsc3CCN2C(=O)CN(CC2CCCO2)C(=O)Cc2ccccc2)cc1. The van der Waals surface area contributed by atoms with E-state index in [4.69, 9.17) is 9.47 Å². The number of benzene rings is 2. The Morgan fingerprint density at radius 2 is 1.92 bits per heavy atom. The first-order chi connectivity index (χ1) is 18.1. The van der Waals surface area contributed by atoms with E-state index in [0.29, 0.717) is 26.3 Å². The molecule has 5 rings (SSSR count). The van der Waals surface area contributed by atoms with E-state index < -0.39 is 0 Å². The molecule has 1 aromatic heterocycles. The summed E-state index contributed by atoms with van der Waals surface area (Å²) >= 11 is 1.73. The molecule has 2 atom stereocenters. The van der Waals surface area contributed by atoms with Crippen molar-refractivity contribution in [2.24, 2.45) is 0 Å². The van der Waals surface area contributed by atoms with Crippen molar-refractivity contribution in [2.75, 3.05) is 32.8 Å². The lowest BCUT2D eigenvalue weighted by Crippen LogP contribution is -2.49. The van der Waals surface area contributed by atoms with Crippen LogP contribution in [-0.4, -0.2) is 60.6 Å². The Labute approximate surface area is 222 Å². The van der Waals surface area contributed by atoms with Gasteiger partial charge in [0, 0.05) is 24.6 Å². The third-order valence-corrected chi connectivity index (χ3v) is 8.17. The second kappa shape index (κ2) is 11.9. The third kappa shape index (κ3) is 6.40. The lowest BCUT2D eigenvalue weighted by atomic mass is 10.00. The maximum absolute atomic E-state index is 13.8. The summed E-state index contributed by atoms with van der Waals surface area (Å²) in [5, 5.41) is 2.09. The highest BCUT2D eigenvalue weighted by Crippen LogP contribution is 2.34. The summed E-state index contributed by atoms with van der Waals surface area (Å²) in [7, 11) is 0. The van der Waals surface area contributed by atoms with Gasteiger partial charge in [-0.05, 0) is 60.9 Å². The van der Waals surface area contributed by atoms with Crippen molar-refractivity contribution in [1.29, 1.82) is 0 Å². The lowest BCUT2D eigenvalue weighted by molar-refractivity contribution is -0.143. The topological polar surface area (TPSA) is 59.1 Å². The molecule has 3 heterocycles. The molecule has 7 heteroatoms. The molecule has 0 spiro atoms. The first-order valence-electron chi connectivity index (χ1n) is 13.1. The number of aryl methyl sites for hydroxylation is 1. The largest absolute Gasteiger partial charge is 0.491 e. The van der Waals surface area contributed by atoms with E-state index in [1.54, 1.807) is 16.2 Å². The van der Waals surface area contributed by atoms with Gasteiger partial charge in [-0.25, -0.2) is 0 Å². The molecule has 0 radical (unpaired) electrons. The Bertz CT molecular complexity index is 1190. The normalized spacial score (nSPS) is 18.9. The van der Waals surface area contributed by atoms with Crippen LogP contribution in [0.3, 0.4) is 0 Å². The molecule has 6 nitrogen and oxygen atoms in total. The van der Waals surface area contributed by atoms with E-state index >= 15 is 0 Å². The van der Waals surface area contributed by atoms with Crippen molar-refractivity contribution in [1.82, 2.24) is 9.80 Å². The molecule has 0 saturated carbocycles. The number of hydrogen-bond acceptors (Lipinski definition) is 5. The summed E-state index contributed by atoms with van der Waals surface area (Å²) in [6, 6.07) is 19.6. The van der Waals surface area contributed by atoms with Crippen molar-refractivity contribution in [3.05, 3.63) is 87.6 Å². The van der Waals surface area contributed by atoms with Gasteiger partial charge in [-0.1, -0.05) is 48.0 Å². The zero-order valence-electron chi connectivity index (χ0n) is 21.3. The number of carbonyl (C=O) groups excluding carboxylic acids is 2. The zero-order valence-corrected chi connectivity index (χ0v) is 22.1. The summed E-state index contributed by atoms with van der Waals surface area (Å²) in [4.78, 5) is 32.1. The molecule has 2 amide bonds. The molecule has 3 aromatic rings. The quantitative estimate of drug-likeness (QED) is 0.408. The standard InChI is InChI=1S/C30H34N2O4S/c1-22-9-11-24(12-10-22)36-21-27-26-14-17-37-28(26)13-15-32(27)30(34)20-31(19-25-8-5-16-35-25)29(33)18-23-6-3-2-4-7-23/h2-4,6-7,9-12,14,17,25,27H,5,8,13,15-16,18-21H2,1H3. The summed E-state index contributed by atoms with van der Waals surface area (Å²) < 4.78 is 12.0. The van der Waals surface area contributed by atoms with Gasteiger partial charge in [-0.2, -0.15) is 0 Å². The van der Waals surface area contributed by atoms with E-state index in [2.05, 4.69) is 11.4 Å². The van der Waals surface area contributed by atoms with Crippen molar-refractivity contribution < 1.29 is 19.1 Å². The van der Waals surface area contributed by atoms with Crippen LogP contribution in [0.5, 0.6) is 5.75 Å². The lowest BCUT2D eigenvalue weighted by Gasteiger charge is -2.37. The van der Waals surface area contributed by atoms with Crippen LogP contribution in [0.1, 0.15) is 40.5 Å². The van der Waals surface area contributed by atoms with Crippen molar-refractivity contribution in [3.63, 3.8) is 0 Å². The molecule has 37 heavy (non-hydrogen) atoms. The summed E-state index contributed by atoms with van der Waals surface area (Å²) in [6.45, 7) is 4.25. The van der Waals surface area contributed by atoms with Gasteiger partial charge in [0.1, 0.15) is 12.4 Å². The highest BCUT2D eigenvalue weighted by Gasteiger charge is 2.34. The fourth-order valence-electron chi connectivity index (χ4n) is 5.11. The Kier molecular flexibility index (Phi) is 8.21. The van der Waals surface area contributed by atoms with Crippen molar-refractivity contribution in [2.45, 2.75) is 44.8 Å². The molecule has 0 aliphatic carbocycles. The van der Waals surface area contributed by atoms with Crippen LogP contribution < -0.4 is 4.74 Å². The number of hydrogen-bond donors (Lipinski definition) is 0. The van der Waals surface area contributed by atoms with Crippen LogP contribution in [0, 0.1) is 6.92 Å². The Morgan fingerprint density at radius 3 is 2.68 bits per heavy atom. The molecular weight excluding hydrogens is 484 g/mol. The minimum atomic E-state index is -0.183. The van der Waals surface area contributed by atoms with Gasteiger partial charge in [0.2, 0.25) is 11.8 Å². The molecule has 0 N–H and O–H groups in total.